The van der Waals surface area contributed by atoms with Crippen LogP contribution in [0.25, 0.3) is 0 Å². The summed E-state index contributed by atoms with van der Waals surface area (Å²) in [6.07, 6.45) is 0.854. The SMILES string of the molecule is Cc1cc2c(c(C(C)Br)c1C)CN(C1COc3ccccc3C1)C2=O. The molecule has 2 heterocycles. The number of fused-ring (bicyclic) bond motifs is 2. The monoisotopic (exact) mass is 399 g/mol. The zero-order valence-corrected chi connectivity index (χ0v) is 16.4. The molecule has 2 aromatic rings. The molecule has 0 aliphatic carbocycles. The van der Waals surface area contributed by atoms with E-state index in [1.807, 2.05) is 23.1 Å². The fraction of sp³-hybridized carbons (Fsp3) is 0.381. The van der Waals surface area contributed by atoms with Crippen molar-refractivity contribution in [3.05, 3.63) is 63.7 Å². The molecule has 0 fully saturated rings. The largest absolute Gasteiger partial charge is 0.491 e. The molecule has 0 N–H and O–H groups in total. The van der Waals surface area contributed by atoms with Gasteiger partial charge in [-0.1, -0.05) is 34.1 Å². The molecule has 25 heavy (non-hydrogen) atoms. The quantitative estimate of drug-likeness (QED) is 0.683. The highest BCUT2D eigenvalue weighted by molar-refractivity contribution is 9.09. The van der Waals surface area contributed by atoms with Gasteiger partial charge in [0.05, 0.1) is 6.04 Å². The highest BCUT2D eigenvalue weighted by Gasteiger charge is 2.37. The van der Waals surface area contributed by atoms with Gasteiger partial charge in [0, 0.05) is 16.9 Å². The summed E-state index contributed by atoms with van der Waals surface area (Å²) in [5.41, 5.74) is 6.95. The Balaban J connectivity index is 1.69. The highest BCUT2D eigenvalue weighted by atomic mass is 79.9. The number of benzene rings is 2. The number of aryl methyl sites for hydroxylation is 1. The van der Waals surface area contributed by atoms with E-state index in [4.69, 9.17) is 4.74 Å². The van der Waals surface area contributed by atoms with Crippen molar-refractivity contribution in [2.24, 2.45) is 0 Å². The van der Waals surface area contributed by atoms with E-state index in [1.165, 1.54) is 27.8 Å². The number of nitrogens with zero attached hydrogens (tertiary/aromatic N) is 1. The lowest BCUT2D eigenvalue weighted by Crippen LogP contribution is -2.43. The van der Waals surface area contributed by atoms with Gasteiger partial charge < -0.3 is 9.64 Å². The third-order valence-corrected chi connectivity index (χ3v) is 5.98. The molecule has 0 saturated carbocycles. The zero-order chi connectivity index (χ0) is 17.7. The Morgan fingerprint density at radius 2 is 2.04 bits per heavy atom. The fourth-order valence-corrected chi connectivity index (χ4v) is 4.72. The van der Waals surface area contributed by atoms with E-state index in [0.717, 1.165) is 17.7 Å². The van der Waals surface area contributed by atoms with Crippen LogP contribution in [0, 0.1) is 13.8 Å². The summed E-state index contributed by atoms with van der Waals surface area (Å²) in [6, 6.07) is 10.3. The molecule has 0 bridgehead atoms. The van der Waals surface area contributed by atoms with Gasteiger partial charge in [-0.25, -0.2) is 0 Å². The van der Waals surface area contributed by atoms with Crippen molar-refractivity contribution >= 4 is 21.8 Å². The maximum Gasteiger partial charge on any atom is 0.254 e. The van der Waals surface area contributed by atoms with Crippen molar-refractivity contribution in [3.63, 3.8) is 0 Å². The van der Waals surface area contributed by atoms with E-state index in [2.05, 4.69) is 48.8 Å². The van der Waals surface area contributed by atoms with Gasteiger partial charge >= 0.3 is 0 Å². The first kappa shape index (κ1) is 16.6. The number of alkyl halides is 1. The maximum atomic E-state index is 13.1. The Kier molecular flexibility index (Phi) is 4.11. The Morgan fingerprint density at radius 3 is 2.80 bits per heavy atom. The van der Waals surface area contributed by atoms with E-state index in [-0.39, 0.29) is 16.8 Å². The Morgan fingerprint density at radius 1 is 1.28 bits per heavy atom. The summed E-state index contributed by atoms with van der Waals surface area (Å²) in [7, 11) is 0. The molecular formula is C21H22BrNO2. The van der Waals surface area contributed by atoms with Crippen LogP contribution in [0.2, 0.25) is 0 Å². The van der Waals surface area contributed by atoms with Crippen LogP contribution in [0.4, 0.5) is 0 Å². The molecule has 1 amide bonds. The first-order chi connectivity index (χ1) is 12.0. The van der Waals surface area contributed by atoms with Crippen LogP contribution in [0.5, 0.6) is 5.75 Å². The van der Waals surface area contributed by atoms with E-state index < -0.39 is 0 Å². The average molecular weight is 400 g/mol. The van der Waals surface area contributed by atoms with Crippen molar-refractivity contribution in [2.45, 2.75) is 44.6 Å². The molecule has 0 saturated heterocycles. The van der Waals surface area contributed by atoms with Crippen molar-refractivity contribution < 1.29 is 9.53 Å². The number of hydrogen-bond acceptors (Lipinski definition) is 2. The topological polar surface area (TPSA) is 29.5 Å². The summed E-state index contributed by atoms with van der Waals surface area (Å²) < 4.78 is 5.92. The minimum Gasteiger partial charge on any atom is -0.491 e. The van der Waals surface area contributed by atoms with Gasteiger partial charge in [-0.05, 0) is 67.1 Å². The van der Waals surface area contributed by atoms with Crippen LogP contribution >= 0.6 is 15.9 Å². The second-order valence-electron chi connectivity index (χ2n) is 7.08. The van der Waals surface area contributed by atoms with E-state index in [9.17, 15) is 4.79 Å². The molecule has 2 atom stereocenters. The van der Waals surface area contributed by atoms with Crippen LogP contribution < -0.4 is 4.74 Å². The Bertz CT molecular complexity index is 859. The molecular weight excluding hydrogens is 378 g/mol. The zero-order valence-electron chi connectivity index (χ0n) is 14.8. The second kappa shape index (κ2) is 6.17. The summed E-state index contributed by atoms with van der Waals surface area (Å²) in [5.74, 6) is 1.09. The van der Waals surface area contributed by atoms with Gasteiger partial charge in [0.1, 0.15) is 12.4 Å². The highest BCUT2D eigenvalue weighted by Crippen LogP contribution is 2.38. The van der Waals surface area contributed by atoms with Crippen LogP contribution in [0.1, 0.15) is 49.9 Å². The molecule has 4 heteroatoms. The summed E-state index contributed by atoms with van der Waals surface area (Å²) in [6.45, 7) is 7.61. The number of halogens is 1. The molecule has 0 spiro atoms. The van der Waals surface area contributed by atoms with Crippen LogP contribution in [0.3, 0.4) is 0 Å². The van der Waals surface area contributed by atoms with Gasteiger partial charge in [0.25, 0.3) is 5.91 Å². The molecule has 130 valence electrons. The fourth-order valence-electron chi connectivity index (χ4n) is 4.10. The van der Waals surface area contributed by atoms with Crippen molar-refractivity contribution in [1.82, 2.24) is 4.90 Å². The summed E-state index contributed by atoms with van der Waals surface area (Å²) in [5, 5.41) is 0. The van der Waals surface area contributed by atoms with Crippen LogP contribution in [0.15, 0.2) is 30.3 Å². The minimum atomic E-state index is 0.0916. The predicted octanol–water partition coefficient (Wildman–Crippen LogP) is 4.72. The standard InChI is InChI=1S/C21H22BrNO2/c1-12-8-17-18(20(13(12)2)14(3)22)10-23(21(17)24)16-9-15-6-4-5-7-19(15)25-11-16/h4-8,14,16H,9-11H2,1-3H3. The number of ether oxygens (including phenoxy) is 1. The van der Waals surface area contributed by atoms with Gasteiger partial charge in [-0.3, -0.25) is 4.79 Å². The minimum absolute atomic E-state index is 0.0916. The maximum absolute atomic E-state index is 13.1. The van der Waals surface area contributed by atoms with Crippen molar-refractivity contribution in [2.75, 3.05) is 6.61 Å². The first-order valence-corrected chi connectivity index (χ1v) is 9.67. The molecule has 0 aromatic heterocycles. The van der Waals surface area contributed by atoms with Crippen molar-refractivity contribution in [1.29, 1.82) is 0 Å². The van der Waals surface area contributed by atoms with E-state index in [0.29, 0.717) is 13.2 Å². The molecule has 2 aliphatic heterocycles. The summed E-state index contributed by atoms with van der Waals surface area (Å²) in [4.78, 5) is 15.3. The first-order valence-electron chi connectivity index (χ1n) is 8.76. The van der Waals surface area contributed by atoms with Gasteiger partial charge in [0.15, 0.2) is 0 Å². The third kappa shape index (κ3) is 2.67. The lowest BCUT2D eigenvalue weighted by Gasteiger charge is -2.32. The van der Waals surface area contributed by atoms with Gasteiger partial charge in [0.2, 0.25) is 0 Å². The molecule has 4 rings (SSSR count). The van der Waals surface area contributed by atoms with Crippen molar-refractivity contribution in [3.8, 4) is 5.75 Å². The smallest absolute Gasteiger partial charge is 0.254 e. The molecule has 2 unspecified atom stereocenters. The third-order valence-electron chi connectivity index (χ3n) is 5.52. The normalized spacial score (nSPS) is 20.1. The molecule has 2 aliphatic rings. The van der Waals surface area contributed by atoms with E-state index in [1.54, 1.807) is 0 Å². The average Bonchev–Trinajstić information content (AvgIpc) is 2.91. The van der Waals surface area contributed by atoms with Crippen LogP contribution in [-0.2, 0) is 13.0 Å². The number of rotatable bonds is 2. The van der Waals surface area contributed by atoms with E-state index >= 15 is 0 Å². The predicted molar refractivity (Wildman–Crippen MR) is 103 cm³/mol. The van der Waals surface area contributed by atoms with Gasteiger partial charge in [-0.2, -0.15) is 0 Å². The Labute approximate surface area is 157 Å². The number of hydrogen-bond donors (Lipinski definition) is 0. The van der Waals surface area contributed by atoms with Crippen LogP contribution in [-0.4, -0.2) is 23.5 Å². The molecule has 0 radical (unpaired) electrons. The number of carbonyl (C=O) groups is 1. The molecule has 3 nitrogen and oxygen atoms in total. The number of amides is 1. The second-order valence-corrected chi connectivity index (χ2v) is 8.46. The molecule has 2 aromatic carbocycles. The lowest BCUT2D eigenvalue weighted by atomic mass is 9.92. The lowest BCUT2D eigenvalue weighted by molar-refractivity contribution is 0.0612. The van der Waals surface area contributed by atoms with Gasteiger partial charge in [-0.15, -0.1) is 0 Å². The number of carbonyl (C=O) groups excluding carboxylic acids is 1. The number of para-hydroxylation sites is 1. The summed E-state index contributed by atoms with van der Waals surface area (Å²) >= 11 is 3.72. The Hall–Kier alpha value is -1.81.